The van der Waals surface area contributed by atoms with Gasteiger partial charge in [-0.15, -0.1) is 0 Å². The average Bonchev–Trinajstić information content (AvgIpc) is 2.82. The number of nitrogens with one attached hydrogen (secondary N) is 1. The first-order chi connectivity index (χ1) is 8.16. The molecule has 0 unspecified atom stereocenters. The Balaban J connectivity index is 2.01. The first-order valence-corrected chi connectivity index (χ1v) is 6.68. The second-order valence-corrected chi connectivity index (χ2v) is 5.43. The summed E-state index contributed by atoms with van der Waals surface area (Å²) in [5, 5.41) is 14.1. The third-order valence-electron chi connectivity index (χ3n) is 2.71. The molecule has 2 atom stereocenters. The second kappa shape index (κ2) is 5.33. The highest BCUT2D eigenvalue weighted by atomic mass is 32.2. The summed E-state index contributed by atoms with van der Waals surface area (Å²) in [4.78, 5) is 13.8. The van der Waals surface area contributed by atoms with Gasteiger partial charge >= 0.3 is 0 Å². The molecular formula is C10H13N3O3S. The van der Waals surface area contributed by atoms with Crippen LogP contribution in [0.25, 0.3) is 0 Å². The minimum Gasteiger partial charge on any atom is -0.316 e. The molecule has 1 aromatic rings. The van der Waals surface area contributed by atoms with Crippen molar-refractivity contribution in [2.45, 2.75) is 11.4 Å². The van der Waals surface area contributed by atoms with Crippen LogP contribution in [0.1, 0.15) is 6.42 Å². The molecule has 0 aromatic carbocycles. The molecule has 0 aliphatic carbocycles. The zero-order valence-electron chi connectivity index (χ0n) is 9.17. The molecule has 1 aromatic heterocycles. The monoisotopic (exact) mass is 255 g/mol. The topological polar surface area (TPSA) is 85.1 Å². The van der Waals surface area contributed by atoms with Crippen LogP contribution in [0.2, 0.25) is 0 Å². The fourth-order valence-corrected chi connectivity index (χ4v) is 3.04. The molecule has 2 heterocycles. The summed E-state index contributed by atoms with van der Waals surface area (Å²) in [6.45, 7) is 1.86. The lowest BCUT2D eigenvalue weighted by atomic mass is 10.2. The van der Waals surface area contributed by atoms with Gasteiger partial charge in [0, 0.05) is 11.8 Å². The number of pyridine rings is 1. The Kier molecular flexibility index (Phi) is 3.80. The van der Waals surface area contributed by atoms with Gasteiger partial charge < -0.3 is 5.32 Å². The van der Waals surface area contributed by atoms with E-state index < -0.39 is 15.7 Å². The van der Waals surface area contributed by atoms with Crippen molar-refractivity contribution in [3.8, 4) is 0 Å². The van der Waals surface area contributed by atoms with Gasteiger partial charge in [0.25, 0.3) is 5.69 Å². The molecule has 1 aliphatic heterocycles. The van der Waals surface area contributed by atoms with Crippen molar-refractivity contribution < 1.29 is 9.13 Å². The van der Waals surface area contributed by atoms with E-state index in [0.29, 0.717) is 16.7 Å². The lowest BCUT2D eigenvalue weighted by Gasteiger charge is -2.06. The molecular weight excluding hydrogens is 242 g/mol. The number of hydrogen-bond donors (Lipinski definition) is 1. The van der Waals surface area contributed by atoms with Crippen LogP contribution in [0.3, 0.4) is 0 Å². The third-order valence-corrected chi connectivity index (χ3v) is 4.20. The van der Waals surface area contributed by atoms with Gasteiger partial charge in [0.1, 0.15) is 11.2 Å². The Hall–Kier alpha value is -1.34. The van der Waals surface area contributed by atoms with Gasteiger partial charge in [0.15, 0.2) is 0 Å². The zero-order valence-corrected chi connectivity index (χ0v) is 9.98. The Bertz CT molecular complexity index is 429. The van der Waals surface area contributed by atoms with Gasteiger partial charge in [-0.3, -0.25) is 14.3 Å². The summed E-state index contributed by atoms with van der Waals surface area (Å²) < 4.78 is 11.9. The highest BCUT2D eigenvalue weighted by Crippen LogP contribution is 2.15. The number of nitrogens with zero attached hydrogens (tertiary/aromatic N) is 2. The Morgan fingerprint density at radius 2 is 2.41 bits per heavy atom. The summed E-state index contributed by atoms with van der Waals surface area (Å²) in [6.07, 6.45) is 2.18. The van der Waals surface area contributed by atoms with E-state index in [-0.39, 0.29) is 5.69 Å². The van der Waals surface area contributed by atoms with Crippen LogP contribution in [0.4, 0.5) is 5.69 Å². The van der Waals surface area contributed by atoms with E-state index in [1.807, 2.05) is 0 Å². The van der Waals surface area contributed by atoms with Crippen LogP contribution in [0.5, 0.6) is 0 Å². The van der Waals surface area contributed by atoms with Crippen LogP contribution in [-0.2, 0) is 10.8 Å². The van der Waals surface area contributed by atoms with E-state index in [0.717, 1.165) is 25.7 Å². The summed E-state index contributed by atoms with van der Waals surface area (Å²) in [7, 11) is -1.17. The maximum atomic E-state index is 11.9. The van der Waals surface area contributed by atoms with E-state index in [2.05, 4.69) is 10.3 Å². The first kappa shape index (κ1) is 12.1. The van der Waals surface area contributed by atoms with Gasteiger partial charge in [0.2, 0.25) is 0 Å². The van der Waals surface area contributed by atoms with Crippen molar-refractivity contribution in [3.63, 3.8) is 0 Å². The molecule has 1 N–H and O–H groups in total. The molecule has 0 amide bonds. The van der Waals surface area contributed by atoms with E-state index in [4.69, 9.17) is 0 Å². The van der Waals surface area contributed by atoms with E-state index >= 15 is 0 Å². The van der Waals surface area contributed by atoms with Crippen molar-refractivity contribution in [2.24, 2.45) is 5.92 Å². The molecule has 1 aliphatic rings. The van der Waals surface area contributed by atoms with E-state index in [9.17, 15) is 14.3 Å². The fraction of sp³-hybridized carbons (Fsp3) is 0.500. The molecule has 0 spiro atoms. The molecule has 0 radical (unpaired) electrons. The van der Waals surface area contributed by atoms with Crippen molar-refractivity contribution in [1.82, 2.24) is 10.3 Å². The van der Waals surface area contributed by atoms with Crippen LogP contribution in [-0.4, -0.2) is 33.0 Å². The highest BCUT2D eigenvalue weighted by Gasteiger charge is 2.19. The first-order valence-electron chi connectivity index (χ1n) is 5.36. The normalized spacial score (nSPS) is 21.3. The molecule has 92 valence electrons. The molecule has 1 saturated heterocycles. The zero-order chi connectivity index (χ0) is 12.3. The molecule has 0 saturated carbocycles. The molecule has 17 heavy (non-hydrogen) atoms. The fourth-order valence-electron chi connectivity index (χ4n) is 1.77. The third kappa shape index (κ3) is 3.07. The minimum atomic E-state index is -1.17. The van der Waals surface area contributed by atoms with E-state index in [1.54, 1.807) is 0 Å². The smallest absolute Gasteiger partial charge is 0.287 e. The van der Waals surface area contributed by atoms with Gasteiger partial charge in [-0.2, -0.15) is 0 Å². The second-order valence-electron chi connectivity index (χ2n) is 3.98. The number of hydrogen-bond acceptors (Lipinski definition) is 5. The Morgan fingerprint density at radius 3 is 2.94 bits per heavy atom. The Morgan fingerprint density at radius 1 is 1.59 bits per heavy atom. The average molecular weight is 255 g/mol. The predicted octanol–water partition coefficient (Wildman–Crippen LogP) is 0.707. The molecule has 6 nitrogen and oxygen atoms in total. The van der Waals surface area contributed by atoms with Crippen LogP contribution >= 0.6 is 0 Å². The SMILES string of the molecule is O=[N+]([O-])c1ccc([S@](=O)C[C@H]2CCNC2)nc1. The molecule has 7 heteroatoms. The highest BCUT2D eigenvalue weighted by molar-refractivity contribution is 7.84. The maximum Gasteiger partial charge on any atom is 0.287 e. The van der Waals surface area contributed by atoms with Crippen molar-refractivity contribution >= 4 is 16.5 Å². The minimum absolute atomic E-state index is 0.0757. The van der Waals surface area contributed by atoms with Crippen molar-refractivity contribution in [2.75, 3.05) is 18.8 Å². The van der Waals surface area contributed by atoms with Gasteiger partial charge in [-0.1, -0.05) is 0 Å². The number of nitro groups is 1. The Labute approximate surface area is 101 Å². The van der Waals surface area contributed by atoms with Gasteiger partial charge in [-0.05, 0) is 31.5 Å². The van der Waals surface area contributed by atoms with Crippen molar-refractivity contribution in [1.29, 1.82) is 0 Å². The quantitative estimate of drug-likeness (QED) is 0.632. The lowest BCUT2D eigenvalue weighted by Crippen LogP contribution is -2.15. The van der Waals surface area contributed by atoms with Crippen LogP contribution in [0, 0.1) is 16.0 Å². The van der Waals surface area contributed by atoms with E-state index in [1.165, 1.54) is 12.1 Å². The molecule has 0 bridgehead atoms. The lowest BCUT2D eigenvalue weighted by molar-refractivity contribution is -0.385. The van der Waals surface area contributed by atoms with Gasteiger partial charge in [-0.25, -0.2) is 4.98 Å². The van der Waals surface area contributed by atoms with Crippen LogP contribution in [0.15, 0.2) is 23.4 Å². The summed E-state index contributed by atoms with van der Waals surface area (Å²) in [5.74, 6) is 0.977. The van der Waals surface area contributed by atoms with Gasteiger partial charge in [0.05, 0.1) is 15.7 Å². The maximum absolute atomic E-state index is 11.9. The predicted molar refractivity (Wildman–Crippen MR) is 63.1 cm³/mol. The number of rotatable bonds is 4. The molecule has 2 rings (SSSR count). The summed E-state index contributed by atoms with van der Waals surface area (Å²) in [6, 6.07) is 2.81. The number of aromatic nitrogens is 1. The van der Waals surface area contributed by atoms with Crippen molar-refractivity contribution in [3.05, 3.63) is 28.4 Å². The standard InChI is InChI=1S/C10H13N3O3S/c14-13(15)9-1-2-10(12-6-9)17(16)7-8-3-4-11-5-8/h1-2,6,8,11H,3-5,7H2/t8-,17+/m0/s1. The summed E-state index contributed by atoms with van der Waals surface area (Å²) in [5.41, 5.74) is -0.0757. The summed E-state index contributed by atoms with van der Waals surface area (Å²) >= 11 is 0. The molecule has 1 fully saturated rings. The van der Waals surface area contributed by atoms with Crippen LogP contribution < -0.4 is 5.32 Å². The largest absolute Gasteiger partial charge is 0.316 e.